The third-order valence-electron chi connectivity index (χ3n) is 3.43. The van der Waals surface area contributed by atoms with E-state index in [0.717, 1.165) is 12.8 Å². The lowest BCUT2D eigenvalue weighted by molar-refractivity contribution is -0.143. The molecule has 0 saturated heterocycles. The summed E-state index contributed by atoms with van der Waals surface area (Å²) in [4.78, 5) is 11.0. The highest BCUT2D eigenvalue weighted by Crippen LogP contribution is 2.20. The number of benzene rings is 1. The molecule has 0 radical (unpaired) electrons. The number of carbonyl (C=O) groups is 1. The van der Waals surface area contributed by atoms with E-state index in [-0.39, 0.29) is 0 Å². The quantitative estimate of drug-likeness (QED) is 0.814. The normalized spacial score (nSPS) is 16.0. The van der Waals surface area contributed by atoms with Crippen LogP contribution >= 0.6 is 0 Å². The van der Waals surface area contributed by atoms with E-state index in [9.17, 15) is 4.79 Å². The zero-order chi connectivity index (χ0) is 13.8. The molecular weight excluding hydrogens is 226 g/mol. The van der Waals surface area contributed by atoms with Gasteiger partial charge in [0.2, 0.25) is 0 Å². The third-order valence-corrected chi connectivity index (χ3v) is 3.43. The van der Waals surface area contributed by atoms with Gasteiger partial charge in [0.15, 0.2) is 0 Å². The summed E-state index contributed by atoms with van der Waals surface area (Å²) in [6.07, 6.45) is 2.45. The second kappa shape index (κ2) is 6.01. The minimum absolute atomic E-state index is 0.302. The predicted octanol–water partition coefficient (Wildman–Crippen LogP) is 2.76. The molecule has 3 N–H and O–H groups in total. The van der Waals surface area contributed by atoms with Gasteiger partial charge < -0.3 is 10.8 Å². The van der Waals surface area contributed by atoms with Crippen molar-refractivity contribution in [1.82, 2.24) is 0 Å². The lowest BCUT2D eigenvalue weighted by atomic mass is 9.87. The summed E-state index contributed by atoms with van der Waals surface area (Å²) in [6, 6.07) is 8.30. The number of aliphatic carboxylic acids is 1. The van der Waals surface area contributed by atoms with Crippen LogP contribution < -0.4 is 5.73 Å². The van der Waals surface area contributed by atoms with Gasteiger partial charge in [-0.05, 0) is 50.2 Å². The Morgan fingerprint density at radius 3 is 2.61 bits per heavy atom. The average molecular weight is 249 g/mol. The van der Waals surface area contributed by atoms with Crippen LogP contribution in [0.1, 0.15) is 37.8 Å². The summed E-state index contributed by atoms with van der Waals surface area (Å²) in [5.74, 6) is -0.624. The van der Waals surface area contributed by atoms with Crippen molar-refractivity contribution in [3.63, 3.8) is 0 Å². The van der Waals surface area contributed by atoms with Gasteiger partial charge in [-0.2, -0.15) is 0 Å². The maximum atomic E-state index is 11.0. The fraction of sp³-hybridized carbons (Fsp3) is 0.533. The van der Waals surface area contributed by atoms with Gasteiger partial charge >= 0.3 is 5.97 Å². The smallest absolute Gasteiger partial charge is 0.323 e. The minimum Gasteiger partial charge on any atom is -0.480 e. The number of rotatable bonds is 6. The summed E-state index contributed by atoms with van der Waals surface area (Å²) in [5, 5.41) is 8.99. The number of hydrogen-bond donors (Lipinski definition) is 2. The maximum Gasteiger partial charge on any atom is 0.323 e. The van der Waals surface area contributed by atoms with Crippen LogP contribution in [0.25, 0.3) is 0 Å². The molecule has 2 unspecified atom stereocenters. The maximum absolute atomic E-state index is 11.0. The van der Waals surface area contributed by atoms with Crippen LogP contribution in [0, 0.1) is 12.8 Å². The molecule has 0 bridgehead atoms. The predicted molar refractivity (Wildman–Crippen MR) is 73.5 cm³/mol. The summed E-state index contributed by atoms with van der Waals surface area (Å²) >= 11 is 0. The molecule has 0 amide bonds. The largest absolute Gasteiger partial charge is 0.480 e. The van der Waals surface area contributed by atoms with Crippen LogP contribution in [0.2, 0.25) is 0 Å². The van der Waals surface area contributed by atoms with E-state index in [4.69, 9.17) is 10.8 Å². The van der Waals surface area contributed by atoms with Crippen molar-refractivity contribution < 1.29 is 9.90 Å². The van der Waals surface area contributed by atoms with Crippen molar-refractivity contribution in [3.8, 4) is 0 Å². The van der Waals surface area contributed by atoms with Gasteiger partial charge in [-0.3, -0.25) is 4.79 Å². The van der Waals surface area contributed by atoms with Crippen LogP contribution in [0.4, 0.5) is 0 Å². The second-order valence-corrected chi connectivity index (χ2v) is 5.50. The Hall–Kier alpha value is -1.35. The first-order valence-corrected chi connectivity index (χ1v) is 6.39. The van der Waals surface area contributed by atoms with Crippen LogP contribution in [0.5, 0.6) is 0 Å². The van der Waals surface area contributed by atoms with Gasteiger partial charge in [-0.1, -0.05) is 31.2 Å². The molecule has 1 aromatic rings. The van der Waals surface area contributed by atoms with Crippen LogP contribution in [0.15, 0.2) is 24.3 Å². The molecule has 0 spiro atoms. The zero-order valence-corrected chi connectivity index (χ0v) is 11.4. The van der Waals surface area contributed by atoms with Crippen molar-refractivity contribution in [2.75, 3.05) is 0 Å². The standard InChI is InChI=1S/C15H23NO2/c1-11(10-15(3,16)14(17)18)8-9-13-7-5-4-6-12(13)2/h4-7,11H,8-10,16H2,1-3H3,(H,17,18). The van der Waals surface area contributed by atoms with Crippen molar-refractivity contribution in [3.05, 3.63) is 35.4 Å². The van der Waals surface area contributed by atoms with Crippen LogP contribution in [0.3, 0.4) is 0 Å². The first kappa shape index (κ1) is 14.7. The van der Waals surface area contributed by atoms with Gasteiger partial charge in [-0.25, -0.2) is 0 Å². The highest BCUT2D eigenvalue weighted by Gasteiger charge is 2.29. The van der Waals surface area contributed by atoms with Gasteiger partial charge in [0.25, 0.3) is 0 Å². The Morgan fingerprint density at radius 2 is 2.06 bits per heavy atom. The molecule has 0 saturated carbocycles. The number of aryl methyl sites for hydroxylation is 2. The number of carboxylic acid groups (broad SMARTS) is 1. The summed E-state index contributed by atoms with van der Waals surface area (Å²) in [5.41, 5.74) is 7.26. The van der Waals surface area contributed by atoms with E-state index >= 15 is 0 Å². The molecule has 0 aliphatic heterocycles. The molecule has 18 heavy (non-hydrogen) atoms. The molecule has 1 rings (SSSR count). The molecule has 0 heterocycles. The van der Waals surface area contributed by atoms with Crippen molar-refractivity contribution in [2.24, 2.45) is 11.7 Å². The Morgan fingerprint density at radius 1 is 1.44 bits per heavy atom. The average Bonchev–Trinajstić information content (AvgIpc) is 2.27. The first-order valence-electron chi connectivity index (χ1n) is 6.39. The Balaban J connectivity index is 2.50. The van der Waals surface area contributed by atoms with Crippen molar-refractivity contribution >= 4 is 5.97 Å². The van der Waals surface area contributed by atoms with Crippen LogP contribution in [-0.4, -0.2) is 16.6 Å². The summed E-state index contributed by atoms with van der Waals surface area (Å²) < 4.78 is 0. The Bertz CT molecular complexity index is 413. The van der Waals surface area contributed by atoms with Crippen LogP contribution in [-0.2, 0) is 11.2 Å². The molecule has 3 nitrogen and oxygen atoms in total. The summed E-state index contributed by atoms with van der Waals surface area (Å²) in [7, 11) is 0. The lowest BCUT2D eigenvalue weighted by Gasteiger charge is -2.23. The monoisotopic (exact) mass is 249 g/mol. The van der Waals surface area contributed by atoms with E-state index in [1.54, 1.807) is 6.92 Å². The molecule has 0 aromatic heterocycles. The lowest BCUT2D eigenvalue weighted by Crippen LogP contribution is -2.46. The van der Waals surface area contributed by atoms with E-state index in [1.807, 2.05) is 12.1 Å². The molecule has 2 atom stereocenters. The van der Waals surface area contributed by atoms with E-state index < -0.39 is 11.5 Å². The highest BCUT2D eigenvalue weighted by molar-refractivity contribution is 5.77. The van der Waals surface area contributed by atoms with Gasteiger partial charge in [0.1, 0.15) is 5.54 Å². The number of nitrogens with two attached hydrogens (primary N) is 1. The molecule has 3 heteroatoms. The SMILES string of the molecule is Cc1ccccc1CCC(C)CC(C)(N)C(=O)O. The molecule has 0 fully saturated rings. The third kappa shape index (κ3) is 4.15. The van der Waals surface area contributed by atoms with Gasteiger partial charge in [-0.15, -0.1) is 0 Å². The van der Waals surface area contributed by atoms with Gasteiger partial charge in [0.05, 0.1) is 0 Å². The second-order valence-electron chi connectivity index (χ2n) is 5.50. The molecule has 1 aromatic carbocycles. The van der Waals surface area contributed by atoms with E-state index in [0.29, 0.717) is 12.3 Å². The topological polar surface area (TPSA) is 63.3 Å². The zero-order valence-electron chi connectivity index (χ0n) is 11.4. The van der Waals surface area contributed by atoms with Crippen molar-refractivity contribution in [2.45, 2.75) is 45.6 Å². The molecule has 100 valence electrons. The minimum atomic E-state index is -1.12. The first-order chi connectivity index (χ1) is 8.33. The summed E-state index contributed by atoms with van der Waals surface area (Å²) in [6.45, 7) is 5.75. The fourth-order valence-corrected chi connectivity index (χ4v) is 2.21. The fourth-order valence-electron chi connectivity index (χ4n) is 2.21. The van der Waals surface area contributed by atoms with E-state index in [1.165, 1.54) is 11.1 Å². The molecule has 0 aliphatic rings. The van der Waals surface area contributed by atoms with E-state index in [2.05, 4.69) is 26.0 Å². The Kier molecular flexibility index (Phi) is 4.91. The number of hydrogen-bond acceptors (Lipinski definition) is 2. The molecule has 0 aliphatic carbocycles. The van der Waals surface area contributed by atoms with Gasteiger partial charge in [0, 0.05) is 0 Å². The highest BCUT2D eigenvalue weighted by atomic mass is 16.4. The van der Waals surface area contributed by atoms with Crippen molar-refractivity contribution in [1.29, 1.82) is 0 Å². The Labute approximate surface area is 109 Å². The molecular formula is C15H23NO2. The number of carboxylic acids is 1.